The van der Waals surface area contributed by atoms with Crippen molar-refractivity contribution in [3.8, 4) is 17.1 Å². The summed E-state index contributed by atoms with van der Waals surface area (Å²) >= 11 is 0. The van der Waals surface area contributed by atoms with E-state index in [2.05, 4.69) is 20.4 Å². The number of nitrogens with one attached hydrogen (secondary N) is 1. The van der Waals surface area contributed by atoms with E-state index in [0.29, 0.717) is 9.87 Å². The van der Waals surface area contributed by atoms with Gasteiger partial charge in [0.15, 0.2) is 5.82 Å². The van der Waals surface area contributed by atoms with E-state index in [1.165, 1.54) is 15.5 Å². The second kappa shape index (κ2) is 11.7. The number of rotatable bonds is 10. The molecule has 0 bridgehead atoms. The predicted octanol–water partition coefficient (Wildman–Crippen LogP) is 2.26. The van der Waals surface area contributed by atoms with Crippen molar-refractivity contribution in [2.24, 2.45) is 0 Å². The van der Waals surface area contributed by atoms with E-state index in [9.17, 15) is 39.6 Å². The molecule has 1 amide bonds. The van der Waals surface area contributed by atoms with Crippen LogP contribution in [-0.2, 0) is 16.6 Å². The third-order valence-corrected chi connectivity index (χ3v) is 9.13. The number of nitrogens with two attached hydrogens (primary N) is 1. The quantitative estimate of drug-likeness (QED) is 0.315. The number of halogens is 6. The molecule has 0 radical (unpaired) electrons. The van der Waals surface area contributed by atoms with E-state index in [0.717, 1.165) is 12.5 Å². The lowest BCUT2D eigenvalue weighted by Gasteiger charge is -2.38. The topological polar surface area (TPSA) is 148 Å². The number of fused-ring (bicyclic) bond motifs is 1. The number of alkyl halides is 6. The Balaban J connectivity index is 1.42. The molecule has 0 aliphatic carbocycles. The van der Waals surface area contributed by atoms with Gasteiger partial charge in [0.2, 0.25) is 15.9 Å². The van der Waals surface area contributed by atoms with Crippen LogP contribution in [0.25, 0.3) is 16.8 Å². The Kier molecular flexibility index (Phi) is 7.37. The fourth-order valence-electron chi connectivity index (χ4n) is 5.19. The predicted molar refractivity (Wildman–Crippen MR) is 144 cm³/mol. The Bertz CT molecular complexity index is 1770. The number of nitrogen functional groups attached to an aromatic ring is 1. The molecule has 2 aliphatic rings. The van der Waals surface area contributed by atoms with E-state index < -0.39 is 103 Å². The van der Waals surface area contributed by atoms with Crippen LogP contribution >= 0.6 is 0 Å². The van der Waals surface area contributed by atoms with Crippen molar-refractivity contribution in [2.75, 3.05) is 44.7 Å². The minimum absolute atomic E-state index is 0.0231. The van der Waals surface area contributed by atoms with Crippen molar-refractivity contribution >= 4 is 27.3 Å². The van der Waals surface area contributed by atoms with Gasteiger partial charge in [-0.15, -0.1) is 0 Å². The first-order valence-electron chi connectivity index (χ1n) is 14.6. The molecule has 2 saturated heterocycles. The average molecular weight is 654 g/mol. The van der Waals surface area contributed by atoms with E-state index >= 15 is 0 Å². The fraction of sp³-hybridized carbons (Fsp3) is 0.520. The largest absolute Gasteiger partial charge is 0.480 e. The highest BCUT2D eigenvalue weighted by molar-refractivity contribution is 7.89. The monoisotopic (exact) mass is 653 g/mol. The second-order valence-electron chi connectivity index (χ2n) is 10.6. The summed E-state index contributed by atoms with van der Waals surface area (Å²) in [6.45, 7) is -2.24. The maximum atomic E-state index is 15.0. The van der Waals surface area contributed by atoms with Crippen LogP contribution in [0.3, 0.4) is 0 Å². The molecule has 5 heterocycles. The number of amides is 1. The van der Waals surface area contributed by atoms with Gasteiger partial charge in [-0.25, -0.2) is 36.1 Å². The van der Waals surface area contributed by atoms with Crippen molar-refractivity contribution in [3.05, 3.63) is 35.8 Å². The van der Waals surface area contributed by atoms with Crippen LogP contribution in [0.1, 0.15) is 32.9 Å². The first-order valence-corrected chi connectivity index (χ1v) is 14.7. The number of pyridine rings is 1. The Morgan fingerprint density at radius 3 is 2.68 bits per heavy atom. The van der Waals surface area contributed by atoms with Gasteiger partial charge in [0.05, 0.1) is 41.7 Å². The number of nitrogens with zero attached hydrogens (tertiary/aromatic N) is 6. The van der Waals surface area contributed by atoms with Crippen molar-refractivity contribution in [2.45, 2.75) is 43.7 Å². The zero-order valence-corrected chi connectivity index (χ0v) is 23.5. The van der Waals surface area contributed by atoms with Crippen LogP contribution < -0.4 is 15.8 Å². The number of hydrogen-bond acceptors (Lipinski definition) is 9. The molecule has 0 unspecified atom stereocenters. The number of sulfonamides is 1. The third-order valence-electron chi connectivity index (χ3n) is 7.24. The molecular formula is C25H28F6N8O4S. The minimum Gasteiger partial charge on any atom is -0.480 e. The third kappa shape index (κ3) is 6.68. The van der Waals surface area contributed by atoms with Gasteiger partial charge in [0, 0.05) is 37.8 Å². The Morgan fingerprint density at radius 2 is 2.00 bits per heavy atom. The number of anilines is 1. The maximum Gasteiger partial charge on any atom is 0.389 e. The van der Waals surface area contributed by atoms with Gasteiger partial charge >= 0.3 is 6.18 Å². The summed E-state index contributed by atoms with van der Waals surface area (Å²) in [4.78, 5) is 22.8. The van der Waals surface area contributed by atoms with Crippen LogP contribution in [0.4, 0.5) is 32.2 Å². The van der Waals surface area contributed by atoms with Gasteiger partial charge in [-0.1, -0.05) is 0 Å². The molecule has 0 aromatic carbocycles. The van der Waals surface area contributed by atoms with Crippen molar-refractivity contribution in [3.63, 3.8) is 0 Å². The lowest BCUT2D eigenvalue weighted by Crippen LogP contribution is -2.55. The first-order chi connectivity index (χ1) is 21.7. The van der Waals surface area contributed by atoms with Crippen molar-refractivity contribution < 1.29 is 48.4 Å². The molecule has 3 aromatic heterocycles. The van der Waals surface area contributed by atoms with E-state index in [4.69, 9.17) is 14.6 Å². The van der Waals surface area contributed by atoms with Crippen molar-refractivity contribution in [1.82, 2.24) is 34.1 Å². The molecule has 240 valence electrons. The van der Waals surface area contributed by atoms with Gasteiger partial charge in [-0.2, -0.15) is 22.6 Å². The summed E-state index contributed by atoms with van der Waals surface area (Å²) in [5, 5.41) is 6.47. The zero-order valence-electron chi connectivity index (χ0n) is 25.7. The molecular weight excluding hydrogens is 622 g/mol. The number of hydrogen-bond donors (Lipinski definition) is 2. The number of carbonyl (C=O) groups excluding carboxylic acids is 1. The molecule has 2 fully saturated rings. The number of likely N-dealkylation sites (tertiary alicyclic amines) is 1. The minimum atomic E-state index is -4.57. The van der Waals surface area contributed by atoms with Crippen LogP contribution in [0.5, 0.6) is 5.88 Å². The van der Waals surface area contributed by atoms with Crippen LogP contribution in [0.2, 0.25) is 0 Å². The highest BCUT2D eigenvalue weighted by Crippen LogP contribution is 2.34. The molecule has 12 nitrogen and oxygen atoms in total. The summed E-state index contributed by atoms with van der Waals surface area (Å²) in [7, 11) is -7.37. The Hall–Kier alpha value is -3.71. The lowest BCUT2D eigenvalue weighted by molar-refractivity contribution is -0.134. The van der Waals surface area contributed by atoms with E-state index in [1.54, 1.807) is 6.07 Å². The van der Waals surface area contributed by atoms with Gasteiger partial charge in [-0.05, 0) is 24.1 Å². The van der Waals surface area contributed by atoms with Gasteiger partial charge in [0.25, 0.3) is 11.8 Å². The number of methoxy groups -OCH3 is 1. The molecule has 3 aromatic rings. The van der Waals surface area contributed by atoms with Crippen molar-refractivity contribution in [1.29, 1.82) is 0 Å². The maximum absolute atomic E-state index is 15.0. The van der Waals surface area contributed by atoms with E-state index in [1.807, 2.05) is 0 Å². The number of ether oxygens (including phenoxy) is 1. The Morgan fingerprint density at radius 1 is 1.25 bits per heavy atom. The van der Waals surface area contributed by atoms with Crippen LogP contribution in [0.15, 0.2) is 24.7 Å². The summed E-state index contributed by atoms with van der Waals surface area (Å²) < 4.78 is 134. The van der Waals surface area contributed by atoms with Gasteiger partial charge < -0.3 is 15.8 Å². The SMILES string of the molecule is [2H]C([2H])([2H])Oc1ncc(-c2cc(CN3CC(F)(F)C3)c3c(N)ncnn23)cc1C(=O)N[C@@H]1CN(S(=O)(=O)CCCC(F)(F)F)C[C@@H]1F. The highest BCUT2D eigenvalue weighted by atomic mass is 32.2. The molecule has 44 heavy (non-hydrogen) atoms. The summed E-state index contributed by atoms with van der Waals surface area (Å²) in [6.07, 6.45) is -6.32. The van der Waals surface area contributed by atoms with Crippen LogP contribution in [0, 0.1) is 0 Å². The molecule has 19 heteroatoms. The van der Waals surface area contributed by atoms with Gasteiger partial charge in [0.1, 0.15) is 23.6 Å². The normalized spacial score (nSPS) is 22.3. The second-order valence-corrected chi connectivity index (χ2v) is 12.7. The molecule has 2 atom stereocenters. The fourth-order valence-corrected chi connectivity index (χ4v) is 6.72. The summed E-state index contributed by atoms with van der Waals surface area (Å²) in [6, 6.07) is 1.27. The molecule has 3 N–H and O–H groups in total. The summed E-state index contributed by atoms with van der Waals surface area (Å²) in [5.41, 5.74) is 6.73. The molecule has 5 rings (SSSR count). The smallest absolute Gasteiger partial charge is 0.389 e. The number of aromatic nitrogens is 4. The van der Waals surface area contributed by atoms with Crippen LogP contribution in [-0.4, -0.2) is 106 Å². The van der Waals surface area contributed by atoms with E-state index in [-0.39, 0.29) is 29.1 Å². The first kappa shape index (κ1) is 27.8. The standard InChI is InChI=1S/C25H28F6N8O4S/c1-43-23-16(22(40)36-18-10-38(9-17(18)26)44(41,42)4-2-3-25(29,30)31)5-14(7-33-23)19-6-15(8-37-11-24(27,28)12-37)20-21(32)34-13-35-39(19)20/h5-7,13,17-18H,2-4,8-12H2,1H3,(H,36,40)(H2,32,34,35)/t17-,18+/m0/s1/i1D3. The highest BCUT2D eigenvalue weighted by Gasteiger charge is 2.44. The molecule has 0 saturated carbocycles. The molecule has 0 spiro atoms. The lowest BCUT2D eigenvalue weighted by atomic mass is 10.1. The average Bonchev–Trinajstić information content (AvgIpc) is 3.47. The zero-order chi connectivity index (χ0) is 34.5. The Labute approximate surface area is 251 Å². The molecule has 2 aliphatic heterocycles. The summed E-state index contributed by atoms with van der Waals surface area (Å²) in [5.74, 6) is -5.47. The number of carbonyl (C=O) groups is 1. The van der Waals surface area contributed by atoms with Gasteiger partial charge in [-0.3, -0.25) is 9.69 Å².